The molecule has 27 heavy (non-hydrogen) atoms. The lowest BCUT2D eigenvalue weighted by atomic mass is 9.73. The Balaban J connectivity index is 1.55. The molecule has 2 bridgehead atoms. The van der Waals surface area contributed by atoms with Crippen molar-refractivity contribution in [3.8, 4) is 0 Å². The van der Waals surface area contributed by atoms with Crippen LogP contribution in [0.5, 0.6) is 0 Å². The van der Waals surface area contributed by atoms with Crippen LogP contribution >= 0.6 is 0 Å². The molecule has 1 N–H and O–H groups in total. The largest absolute Gasteiger partial charge is 0.405 e. The molecule has 6 rings (SSSR count). The van der Waals surface area contributed by atoms with Crippen molar-refractivity contribution in [1.29, 1.82) is 0 Å². The fourth-order valence-electron chi connectivity index (χ4n) is 5.44. The molecule has 4 atom stereocenters. The number of nitrogens with one attached hydrogen (secondary N) is 1. The van der Waals surface area contributed by atoms with Crippen LogP contribution < -0.4 is 10.6 Å². The Morgan fingerprint density at radius 2 is 1.96 bits per heavy atom. The van der Waals surface area contributed by atoms with Gasteiger partial charge in [0.2, 0.25) is 5.90 Å². The fraction of sp³-hybridized carbons (Fsp3) is 0.304. The smallest absolute Gasteiger partial charge is 0.342 e. The van der Waals surface area contributed by atoms with E-state index >= 15 is 0 Å². The average Bonchev–Trinajstić information content (AvgIpc) is 3.47. The molecular formula is C23H20N2O2. The van der Waals surface area contributed by atoms with Crippen LogP contribution in [-0.4, -0.2) is 22.4 Å². The fourth-order valence-corrected chi connectivity index (χ4v) is 5.44. The molecule has 1 aromatic heterocycles. The second kappa shape index (κ2) is 5.32. The first-order valence-corrected chi connectivity index (χ1v) is 9.71. The molecule has 1 fully saturated rings. The maximum absolute atomic E-state index is 13.2. The van der Waals surface area contributed by atoms with Gasteiger partial charge in [0.1, 0.15) is 0 Å². The number of allylic oxidation sites excluding steroid dienone is 1. The van der Waals surface area contributed by atoms with Crippen molar-refractivity contribution >= 4 is 24.0 Å². The van der Waals surface area contributed by atoms with E-state index in [1.807, 2.05) is 30.3 Å². The van der Waals surface area contributed by atoms with Crippen LogP contribution in [0.25, 0.3) is 12.2 Å². The van der Waals surface area contributed by atoms with Crippen molar-refractivity contribution in [2.75, 3.05) is 0 Å². The Bertz CT molecular complexity index is 1120. The van der Waals surface area contributed by atoms with Crippen LogP contribution in [0.3, 0.4) is 0 Å². The highest BCUT2D eigenvalue weighted by molar-refractivity contribution is 6.09. The molecule has 2 aromatic rings. The highest BCUT2D eigenvalue weighted by Gasteiger charge is 2.65. The molecule has 0 amide bonds. The quantitative estimate of drug-likeness (QED) is 0.664. The summed E-state index contributed by atoms with van der Waals surface area (Å²) in [5, 5.41) is 2.43. The van der Waals surface area contributed by atoms with Crippen LogP contribution in [0.4, 0.5) is 0 Å². The van der Waals surface area contributed by atoms with Crippen LogP contribution in [0.1, 0.15) is 36.3 Å². The lowest BCUT2D eigenvalue weighted by molar-refractivity contribution is -0.140. The molecule has 4 aliphatic rings. The van der Waals surface area contributed by atoms with E-state index in [-0.39, 0.29) is 17.8 Å². The summed E-state index contributed by atoms with van der Waals surface area (Å²) in [4.78, 5) is 21.7. The number of carbonyl (C=O) groups excluding carboxylic acids is 1. The number of rotatable bonds is 2. The third-order valence-corrected chi connectivity index (χ3v) is 6.59. The highest BCUT2D eigenvalue weighted by atomic mass is 16.6. The average molecular weight is 356 g/mol. The number of aromatic nitrogens is 1. The van der Waals surface area contributed by atoms with Gasteiger partial charge in [-0.05, 0) is 48.1 Å². The number of H-pyrrole nitrogens is 1. The first kappa shape index (κ1) is 15.2. The second-order valence-electron chi connectivity index (χ2n) is 7.92. The molecule has 1 spiro atoms. The molecule has 0 radical (unpaired) electrons. The number of nitrogens with zero attached hydrogens (tertiary/aromatic N) is 1. The van der Waals surface area contributed by atoms with E-state index in [4.69, 9.17) is 9.73 Å². The number of fused-ring (bicyclic) bond motifs is 4. The normalized spacial score (nSPS) is 32.8. The van der Waals surface area contributed by atoms with Gasteiger partial charge in [0, 0.05) is 28.9 Å². The highest BCUT2D eigenvalue weighted by Crippen LogP contribution is 2.58. The van der Waals surface area contributed by atoms with E-state index in [9.17, 15) is 4.79 Å². The van der Waals surface area contributed by atoms with Gasteiger partial charge in [-0.1, -0.05) is 42.5 Å². The molecule has 134 valence electrons. The van der Waals surface area contributed by atoms with Crippen molar-refractivity contribution < 1.29 is 9.53 Å². The molecular weight excluding hydrogens is 336 g/mol. The number of hydrogen-bond acceptors (Lipinski definition) is 3. The Morgan fingerprint density at radius 3 is 2.85 bits per heavy atom. The van der Waals surface area contributed by atoms with Crippen molar-refractivity contribution in [2.24, 2.45) is 16.8 Å². The summed E-state index contributed by atoms with van der Waals surface area (Å²) in [6, 6.07) is 9.75. The van der Waals surface area contributed by atoms with Crippen molar-refractivity contribution in [3.05, 3.63) is 70.4 Å². The number of cyclic esters (lactones) is 1. The van der Waals surface area contributed by atoms with Gasteiger partial charge in [-0.15, -0.1) is 0 Å². The topological polar surface area (TPSA) is 54.4 Å². The van der Waals surface area contributed by atoms with Gasteiger partial charge in [0.15, 0.2) is 5.54 Å². The SMILES string of the molecule is O=C1OC(c2ccccc2)=N[C@@]12[C@@H]1C=C[C@@H](C1)[C@@H]2c1c[nH]c2c1=CCCC=2. The number of ether oxygens (including phenoxy) is 1. The number of esters is 1. The monoisotopic (exact) mass is 356 g/mol. The van der Waals surface area contributed by atoms with E-state index in [0.717, 1.165) is 24.8 Å². The molecule has 0 saturated heterocycles. The van der Waals surface area contributed by atoms with E-state index in [1.54, 1.807) is 0 Å². The van der Waals surface area contributed by atoms with Crippen LogP contribution in [0, 0.1) is 11.8 Å². The van der Waals surface area contributed by atoms with E-state index in [0.29, 0.717) is 11.8 Å². The molecule has 2 heterocycles. The van der Waals surface area contributed by atoms with Crippen molar-refractivity contribution in [1.82, 2.24) is 4.98 Å². The van der Waals surface area contributed by atoms with Gasteiger partial charge in [-0.3, -0.25) is 0 Å². The summed E-state index contributed by atoms with van der Waals surface area (Å²) < 4.78 is 5.76. The Hall–Kier alpha value is -2.88. The molecule has 3 aliphatic carbocycles. The summed E-state index contributed by atoms with van der Waals surface area (Å²) in [6.45, 7) is 0. The van der Waals surface area contributed by atoms with E-state index < -0.39 is 5.54 Å². The van der Waals surface area contributed by atoms with E-state index in [1.165, 1.54) is 16.1 Å². The van der Waals surface area contributed by atoms with Gasteiger partial charge < -0.3 is 9.72 Å². The second-order valence-corrected chi connectivity index (χ2v) is 7.92. The van der Waals surface area contributed by atoms with Crippen LogP contribution in [0.15, 0.2) is 53.7 Å². The van der Waals surface area contributed by atoms with Gasteiger partial charge in [-0.2, -0.15) is 0 Å². The third-order valence-electron chi connectivity index (χ3n) is 6.59. The molecule has 1 aromatic carbocycles. The predicted molar refractivity (Wildman–Crippen MR) is 103 cm³/mol. The first-order chi connectivity index (χ1) is 13.3. The standard InChI is InChI=1S/C23H20N2O2/c26-22-23(25-21(27-22)14-6-2-1-3-7-14)16-11-10-15(12-16)20(23)18-13-24-19-9-5-4-8-17(18)19/h1-3,6-11,13,15-16,20,24H,4-5,12H2/t15-,16+,20+,23+/m0/s1. The summed E-state index contributed by atoms with van der Waals surface area (Å²) in [5.41, 5.74) is 1.25. The van der Waals surface area contributed by atoms with Crippen LogP contribution in [-0.2, 0) is 9.53 Å². The molecule has 4 heteroatoms. The number of benzene rings is 1. The van der Waals surface area contributed by atoms with Crippen molar-refractivity contribution in [3.63, 3.8) is 0 Å². The van der Waals surface area contributed by atoms with Gasteiger partial charge in [0.25, 0.3) is 0 Å². The molecule has 1 aliphatic heterocycles. The van der Waals surface area contributed by atoms with Gasteiger partial charge in [0.05, 0.1) is 0 Å². The Kier molecular flexibility index (Phi) is 2.99. The lowest BCUT2D eigenvalue weighted by Crippen LogP contribution is -2.46. The number of aliphatic imine (C=N–C) groups is 1. The minimum Gasteiger partial charge on any atom is -0.405 e. The zero-order chi connectivity index (χ0) is 18.0. The van der Waals surface area contributed by atoms with Gasteiger partial charge in [-0.25, -0.2) is 9.79 Å². The van der Waals surface area contributed by atoms with Crippen molar-refractivity contribution in [2.45, 2.75) is 30.7 Å². The number of carbonyl (C=O) groups is 1. The summed E-state index contributed by atoms with van der Waals surface area (Å²) >= 11 is 0. The molecule has 0 unspecified atom stereocenters. The minimum atomic E-state index is -0.828. The zero-order valence-electron chi connectivity index (χ0n) is 14.9. The number of hydrogen-bond donors (Lipinski definition) is 1. The predicted octanol–water partition coefficient (Wildman–Crippen LogP) is 2.40. The van der Waals surface area contributed by atoms with Crippen LogP contribution in [0.2, 0.25) is 0 Å². The Morgan fingerprint density at radius 1 is 1.11 bits per heavy atom. The lowest BCUT2D eigenvalue weighted by Gasteiger charge is -2.32. The summed E-state index contributed by atoms with van der Waals surface area (Å²) in [6.07, 6.45) is 14.2. The third kappa shape index (κ3) is 1.93. The Labute approximate surface area is 157 Å². The summed E-state index contributed by atoms with van der Waals surface area (Å²) in [5.74, 6) is 0.740. The maximum Gasteiger partial charge on any atom is 0.342 e. The first-order valence-electron chi connectivity index (χ1n) is 9.71. The molecule has 4 nitrogen and oxygen atoms in total. The minimum absolute atomic E-state index is 0.0314. The van der Waals surface area contributed by atoms with E-state index in [2.05, 4.69) is 35.5 Å². The van der Waals surface area contributed by atoms with Gasteiger partial charge >= 0.3 is 5.97 Å². The summed E-state index contributed by atoms with van der Waals surface area (Å²) in [7, 11) is 0. The zero-order valence-corrected chi connectivity index (χ0v) is 14.9. The number of aromatic amines is 1. The molecule has 1 saturated carbocycles. The maximum atomic E-state index is 13.2.